The van der Waals surface area contributed by atoms with E-state index in [1.165, 1.54) is 4.90 Å². The highest BCUT2D eigenvalue weighted by Gasteiger charge is 2.81. The van der Waals surface area contributed by atoms with E-state index < -0.39 is 30.7 Å². The van der Waals surface area contributed by atoms with Crippen LogP contribution in [0.1, 0.15) is 37.8 Å². The van der Waals surface area contributed by atoms with Gasteiger partial charge in [0.25, 0.3) is 11.8 Å². The zero-order chi connectivity index (χ0) is 21.5. The first-order valence-corrected chi connectivity index (χ1v) is 11.9. The van der Waals surface area contributed by atoms with Crippen molar-refractivity contribution in [3.05, 3.63) is 23.8 Å². The Morgan fingerprint density at radius 3 is 2.77 bits per heavy atom. The summed E-state index contributed by atoms with van der Waals surface area (Å²) in [5, 5.41) is 19.8. The van der Waals surface area contributed by atoms with Crippen LogP contribution >= 0.6 is 0 Å². The number of hydrogen-bond donors (Lipinski definition) is 1. The molecule has 0 aliphatic carbocycles. The van der Waals surface area contributed by atoms with Crippen molar-refractivity contribution in [2.75, 3.05) is 20.4 Å². The summed E-state index contributed by atoms with van der Waals surface area (Å²) in [4.78, 5) is 27.9. The van der Waals surface area contributed by atoms with Gasteiger partial charge in [0.2, 0.25) is 6.79 Å². The molecule has 0 aromatic heterocycles. The van der Waals surface area contributed by atoms with Gasteiger partial charge in [-0.2, -0.15) is 5.26 Å². The maximum absolute atomic E-state index is 13.7. The van der Waals surface area contributed by atoms with E-state index >= 15 is 0 Å². The van der Waals surface area contributed by atoms with Crippen LogP contribution in [0.15, 0.2) is 18.2 Å². The highest BCUT2D eigenvalue weighted by molar-refractivity contribution is 8.31. The number of benzene rings is 1. The second-order valence-corrected chi connectivity index (χ2v) is 11.4. The number of ether oxygens (including phenoxy) is 2. The third-order valence-electron chi connectivity index (χ3n) is 7.00. The van der Waals surface area contributed by atoms with Crippen LogP contribution in [0.2, 0.25) is 0 Å². The Bertz CT molecular complexity index is 1060. The first kappa shape index (κ1) is 19.7. The lowest BCUT2D eigenvalue weighted by molar-refractivity contribution is -0.159. The summed E-state index contributed by atoms with van der Waals surface area (Å²) in [5.41, 5.74) is -0.333. The van der Waals surface area contributed by atoms with Gasteiger partial charge in [-0.05, 0) is 48.6 Å². The first-order chi connectivity index (χ1) is 14.3. The Balaban J connectivity index is 1.73. The molecule has 1 aromatic rings. The number of rotatable bonds is 4. The minimum Gasteiger partial charge on any atom is -0.454 e. The summed E-state index contributed by atoms with van der Waals surface area (Å²) < 4.78 is 10.9. The van der Waals surface area contributed by atoms with Crippen molar-refractivity contribution >= 4 is 32.5 Å². The van der Waals surface area contributed by atoms with Crippen LogP contribution in [0.3, 0.4) is 0 Å². The van der Waals surface area contributed by atoms with Crippen molar-refractivity contribution in [3.63, 3.8) is 0 Å². The molecule has 0 saturated carbocycles. The summed E-state index contributed by atoms with van der Waals surface area (Å²) >= 11 is 5.83. The van der Waals surface area contributed by atoms with E-state index in [0.717, 1.165) is 0 Å². The second-order valence-electron chi connectivity index (χ2n) is 8.36. The van der Waals surface area contributed by atoms with E-state index in [-0.39, 0.29) is 31.6 Å². The molecule has 1 aromatic carbocycles. The number of carbonyl (C=O) groups is 2. The standard InChI is InChI=1S/C20H21N3O5S2/c1-18-16(25)23-15(12-4-5-13-14(8-12)28-11-27-13)19(10-21,6-3-7-24)9-20(23,30(18)29)17(26)22(18)2/h4-5,8,15,24H,3,6-7,9,11H2,1-2H3. The van der Waals surface area contributed by atoms with Crippen molar-refractivity contribution in [3.8, 4) is 17.6 Å². The Labute approximate surface area is 180 Å². The van der Waals surface area contributed by atoms with Crippen molar-refractivity contribution in [2.24, 2.45) is 5.41 Å². The number of nitrogens with zero attached hydrogens (tertiary/aromatic N) is 3. The maximum Gasteiger partial charge on any atom is 0.261 e. The number of nitriles is 1. The minimum absolute atomic E-state index is 0.0800. The highest BCUT2D eigenvalue weighted by Crippen LogP contribution is 2.66. The lowest BCUT2D eigenvalue weighted by Crippen LogP contribution is -2.60. The third-order valence-corrected chi connectivity index (χ3v) is 11.1. The molecule has 4 aliphatic rings. The molecule has 0 radical (unpaired) electrons. The molecule has 5 unspecified atom stereocenters. The molecule has 30 heavy (non-hydrogen) atoms. The van der Waals surface area contributed by atoms with Gasteiger partial charge in [0, 0.05) is 20.1 Å². The van der Waals surface area contributed by atoms with E-state index in [0.29, 0.717) is 29.9 Å². The first-order valence-electron chi connectivity index (χ1n) is 9.73. The molecular weight excluding hydrogens is 426 g/mol. The molecule has 5 atom stereocenters. The van der Waals surface area contributed by atoms with Crippen LogP contribution in [0.25, 0.3) is 0 Å². The average Bonchev–Trinajstić information content (AvgIpc) is 3.41. The van der Waals surface area contributed by atoms with Gasteiger partial charge in [0.1, 0.15) is 0 Å². The highest BCUT2D eigenvalue weighted by atomic mass is 32.8. The molecular formula is C20H21N3O5S2. The van der Waals surface area contributed by atoms with Crippen molar-refractivity contribution in [1.82, 2.24) is 9.80 Å². The van der Waals surface area contributed by atoms with Crippen LogP contribution in [0, 0.1) is 16.7 Å². The fourth-order valence-electron chi connectivity index (χ4n) is 5.44. The molecule has 3 saturated heterocycles. The predicted octanol–water partition coefficient (Wildman–Crippen LogP) is 0.949. The number of hydrogen-bond acceptors (Lipinski definition) is 7. The van der Waals surface area contributed by atoms with Crippen molar-refractivity contribution < 1.29 is 24.2 Å². The van der Waals surface area contributed by atoms with E-state index in [1.807, 2.05) is 6.07 Å². The van der Waals surface area contributed by atoms with Crippen LogP contribution in [-0.4, -0.2) is 56.9 Å². The normalized spacial score (nSPS) is 38.3. The number of aliphatic hydroxyl groups excluding tert-OH is 1. The van der Waals surface area contributed by atoms with Gasteiger partial charge < -0.3 is 24.4 Å². The molecule has 5 rings (SSSR count). The summed E-state index contributed by atoms with van der Waals surface area (Å²) in [6.07, 6.45) is 0.914. The summed E-state index contributed by atoms with van der Waals surface area (Å²) in [6.45, 7) is 1.76. The van der Waals surface area contributed by atoms with Crippen LogP contribution < -0.4 is 9.47 Å². The quantitative estimate of drug-likeness (QED) is 0.733. The number of piperazine rings is 1. The molecule has 3 fully saturated rings. The Kier molecular flexibility index (Phi) is 4.05. The zero-order valence-electron chi connectivity index (χ0n) is 16.6. The molecule has 10 heteroatoms. The van der Waals surface area contributed by atoms with Gasteiger partial charge >= 0.3 is 0 Å². The average molecular weight is 448 g/mol. The Morgan fingerprint density at radius 1 is 1.33 bits per heavy atom. The third kappa shape index (κ3) is 2.01. The maximum atomic E-state index is 13.7. The van der Waals surface area contributed by atoms with Crippen molar-refractivity contribution in [1.29, 1.82) is 5.26 Å². The molecule has 1 N–H and O–H groups in total. The van der Waals surface area contributed by atoms with Crippen LogP contribution in [0.5, 0.6) is 11.5 Å². The lowest BCUT2D eigenvalue weighted by atomic mass is 9.74. The largest absolute Gasteiger partial charge is 0.454 e. The summed E-state index contributed by atoms with van der Waals surface area (Å²) in [6, 6.07) is 7.14. The number of aliphatic hydroxyl groups is 1. The number of amides is 2. The number of carbonyl (C=O) groups excluding carboxylic acids is 2. The molecule has 1 spiro atoms. The van der Waals surface area contributed by atoms with Crippen LogP contribution in [0.4, 0.5) is 0 Å². The molecule has 158 valence electrons. The summed E-state index contributed by atoms with van der Waals surface area (Å²) in [7, 11) is 0.605. The lowest BCUT2D eigenvalue weighted by Gasteiger charge is -2.40. The van der Waals surface area contributed by atoms with Gasteiger partial charge in [0.15, 0.2) is 21.2 Å². The number of fused-ring (bicyclic) bond motifs is 2. The fraction of sp³-hybridized carbons (Fsp3) is 0.550. The van der Waals surface area contributed by atoms with E-state index in [2.05, 4.69) is 6.07 Å². The Morgan fingerprint density at radius 2 is 2.07 bits per heavy atom. The van der Waals surface area contributed by atoms with E-state index in [4.69, 9.17) is 20.7 Å². The summed E-state index contributed by atoms with van der Waals surface area (Å²) in [5.74, 6) is 0.734. The molecule has 4 heterocycles. The fourth-order valence-corrected chi connectivity index (χ4v) is 8.92. The van der Waals surface area contributed by atoms with E-state index in [9.17, 15) is 20.0 Å². The zero-order valence-corrected chi connectivity index (χ0v) is 18.2. The number of likely N-dealkylation sites (N-methyl/N-ethyl adjacent to an activating group) is 1. The molecule has 8 nitrogen and oxygen atoms in total. The molecule has 4 aliphatic heterocycles. The van der Waals surface area contributed by atoms with Gasteiger partial charge in [-0.15, -0.1) is 0 Å². The van der Waals surface area contributed by atoms with Gasteiger partial charge in [0.05, 0.1) is 17.5 Å². The smallest absolute Gasteiger partial charge is 0.261 e. The monoisotopic (exact) mass is 447 g/mol. The second kappa shape index (κ2) is 6.15. The predicted molar refractivity (Wildman–Crippen MR) is 110 cm³/mol. The van der Waals surface area contributed by atoms with Gasteiger partial charge in [-0.1, -0.05) is 15.5 Å². The minimum atomic E-state index is -1.21. The topological polar surface area (TPSA) is 103 Å². The van der Waals surface area contributed by atoms with Gasteiger partial charge in [-0.25, -0.2) is 0 Å². The Hall–Kier alpha value is -2.22. The van der Waals surface area contributed by atoms with Crippen molar-refractivity contribution in [2.45, 2.75) is 42.0 Å². The van der Waals surface area contributed by atoms with Crippen LogP contribution in [-0.2, 0) is 30.2 Å². The SMILES string of the molecule is CN1C(=O)C23CC(C#N)(CCCO)C(c4ccc5c(c4)OCO5)N2C(=O)C1(C)S3=S. The molecule has 2 amide bonds. The molecule has 2 bridgehead atoms. The van der Waals surface area contributed by atoms with Gasteiger partial charge in [-0.3, -0.25) is 9.59 Å². The van der Waals surface area contributed by atoms with E-state index in [1.54, 1.807) is 31.0 Å².